The molecule has 1 aliphatic rings. The van der Waals surface area contributed by atoms with Crippen molar-refractivity contribution in [3.8, 4) is 28.4 Å². The maximum Gasteiger partial charge on any atom is 0.231 e. The Morgan fingerprint density at radius 1 is 1.11 bits per heavy atom. The lowest BCUT2D eigenvalue weighted by Crippen LogP contribution is -1.93. The van der Waals surface area contributed by atoms with Gasteiger partial charge in [-0.05, 0) is 35.9 Å². The zero-order chi connectivity index (χ0) is 13.2. The molecule has 0 bridgehead atoms. The summed E-state index contributed by atoms with van der Waals surface area (Å²) in [5.41, 5.74) is 2.38. The first-order valence-corrected chi connectivity index (χ1v) is 5.85. The Labute approximate surface area is 110 Å². The molecular formula is C15H12O4. The molecule has 0 unspecified atom stereocenters. The lowest BCUT2D eigenvalue weighted by Gasteiger charge is -2.10. The van der Waals surface area contributed by atoms with E-state index in [0.717, 1.165) is 23.2 Å². The van der Waals surface area contributed by atoms with Crippen LogP contribution in [0.15, 0.2) is 36.4 Å². The Morgan fingerprint density at radius 2 is 1.95 bits per heavy atom. The number of carbonyl (C=O) groups is 1. The van der Waals surface area contributed by atoms with Gasteiger partial charge in [0.2, 0.25) is 6.79 Å². The number of ether oxygens (including phenoxy) is 3. The molecule has 96 valence electrons. The maximum atomic E-state index is 10.9. The van der Waals surface area contributed by atoms with Crippen LogP contribution in [0.4, 0.5) is 0 Å². The second-order valence-corrected chi connectivity index (χ2v) is 4.15. The minimum atomic E-state index is 0.240. The third-order valence-corrected chi connectivity index (χ3v) is 3.04. The van der Waals surface area contributed by atoms with Crippen molar-refractivity contribution in [2.45, 2.75) is 0 Å². The van der Waals surface area contributed by atoms with Gasteiger partial charge in [0.1, 0.15) is 12.0 Å². The van der Waals surface area contributed by atoms with Crippen molar-refractivity contribution in [3.05, 3.63) is 42.0 Å². The van der Waals surface area contributed by atoms with Gasteiger partial charge < -0.3 is 14.2 Å². The van der Waals surface area contributed by atoms with E-state index < -0.39 is 0 Å². The zero-order valence-corrected chi connectivity index (χ0v) is 10.4. The van der Waals surface area contributed by atoms with Crippen LogP contribution in [0.2, 0.25) is 0 Å². The first kappa shape index (κ1) is 11.6. The van der Waals surface area contributed by atoms with Crippen LogP contribution >= 0.6 is 0 Å². The number of methoxy groups -OCH3 is 1. The normalized spacial score (nSPS) is 12.3. The van der Waals surface area contributed by atoms with Gasteiger partial charge in [-0.1, -0.05) is 6.07 Å². The van der Waals surface area contributed by atoms with Crippen molar-refractivity contribution in [1.82, 2.24) is 0 Å². The zero-order valence-electron chi connectivity index (χ0n) is 10.4. The average molecular weight is 256 g/mol. The van der Waals surface area contributed by atoms with Crippen LogP contribution in [0.3, 0.4) is 0 Å². The molecule has 0 atom stereocenters. The number of aldehydes is 1. The smallest absolute Gasteiger partial charge is 0.231 e. The van der Waals surface area contributed by atoms with Gasteiger partial charge in [0, 0.05) is 11.1 Å². The van der Waals surface area contributed by atoms with Crippen LogP contribution in [0.5, 0.6) is 17.2 Å². The minimum absolute atomic E-state index is 0.240. The van der Waals surface area contributed by atoms with Gasteiger partial charge >= 0.3 is 0 Å². The molecule has 0 saturated carbocycles. The highest BCUT2D eigenvalue weighted by atomic mass is 16.7. The van der Waals surface area contributed by atoms with E-state index >= 15 is 0 Å². The number of hydrogen-bond acceptors (Lipinski definition) is 4. The highest BCUT2D eigenvalue weighted by Gasteiger charge is 2.15. The van der Waals surface area contributed by atoms with Crippen LogP contribution in [-0.4, -0.2) is 20.2 Å². The molecule has 4 nitrogen and oxygen atoms in total. The van der Waals surface area contributed by atoms with E-state index in [2.05, 4.69) is 0 Å². The predicted octanol–water partition coefficient (Wildman–Crippen LogP) is 2.90. The first-order valence-electron chi connectivity index (χ1n) is 5.85. The predicted molar refractivity (Wildman–Crippen MR) is 69.9 cm³/mol. The summed E-state index contributed by atoms with van der Waals surface area (Å²) >= 11 is 0. The van der Waals surface area contributed by atoms with E-state index in [0.29, 0.717) is 17.1 Å². The van der Waals surface area contributed by atoms with Crippen LogP contribution in [0.25, 0.3) is 11.1 Å². The van der Waals surface area contributed by atoms with Crippen molar-refractivity contribution in [3.63, 3.8) is 0 Å². The second kappa shape index (κ2) is 4.65. The monoisotopic (exact) mass is 256 g/mol. The van der Waals surface area contributed by atoms with Crippen LogP contribution in [-0.2, 0) is 0 Å². The summed E-state index contributed by atoms with van der Waals surface area (Å²) in [5, 5.41) is 0. The van der Waals surface area contributed by atoms with E-state index in [1.807, 2.05) is 18.2 Å². The van der Waals surface area contributed by atoms with E-state index in [-0.39, 0.29) is 6.79 Å². The summed E-state index contributed by atoms with van der Waals surface area (Å²) in [5.74, 6) is 2.15. The molecule has 0 N–H and O–H groups in total. The lowest BCUT2D eigenvalue weighted by molar-refractivity contribution is 0.112. The molecule has 0 spiro atoms. The third kappa shape index (κ3) is 2.01. The number of carbonyl (C=O) groups excluding carboxylic acids is 1. The third-order valence-electron chi connectivity index (χ3n) is 3.04. The summed E-state index contributed by atoms with van der Waals surface area (Å²) < 4.78 is 16.0. The van der Waals surface area contributed by atoms with Crippen molar-refractivity contribution in [2.75, 3.05) is 13.9 Å². The van der Waals surface area contributed by atoms with Crippen molar-refractivity contribution in [1.29, 1.82) is 0 Å². The van der Waals surface area contributed by atoms with Crippen LogP contribution < -0.4 is 14.2 Å². The van der Waals surface area contributed by atoms with E-state index in [1.54, 1.807) is 25.3 Å². The SMILES string of the molecule is COc1ccc(C=O)cc1-c1ccc2c(c1)OCO2. The topological polar surface area (TPSA) is 44.8 Å². The summed E-state index contributed by atoms with van der Waals surface area (Å²) in [4.78, 5) is 10.9. The molecule has 0 aliphatic carbocycles. The highest BCUT2D eigenvalue weighted by Crippen LogP contribution is 2.38. The van der Waals surface area contributed by atoms with E-state index in [4.69, 9.17) is 14.2 Å². The maximum absolute atomic E-state index is 10.9. The Balaban J connectivity index is 2.12. The standard InChI is InChI=1S/C15H12O4/c1-17-13-4-2-10(8-16)6-12(13)11-3-5-14-15(7-11)19-9-18-14/h2-8H,9H2,1H3. The van der Waals surface area contributed by atoms with Gasteiger partial charge in [-0.25, -0.2) is 0 Å². The fourth-order valence-corrected chi connectivity index (χ4v) is 2.09. The number of fused-ring (bicyclic) bond motifs is 1. The van der Waals surface area contributed by atoms with E-state index in [1.165, 1.54) is 0 Å². The summed E-state index contributed by atoms with van der Waals surface area (Å²) in [6, 6.07) is 11.0. The molecule has 2 aromatic rings. The quantitative estimate of drug-likeness (QED) is 0.792. The van der Waals surface area contributed by atoms with Gasteiger partial charge in [-0.2, -0.15) is 0 Å². The fraction of sp³-hybridized carbons (Fsp3) is 0.133. The number of benzene rings is 2. The molecule has 19 heavy (non-hydrogen) atoms. The first-order chi connectivity index (χ1) is 9.31. The van der Waals surface area contributed by atoms with Crippen molar-refractivity contribution in [2.24, 2.45) is 0 Å². The van der Waals surface area contributed by atoms with Gasteiger partial charge in [-0.3, -0.25) is 4.79 Å². The summed E-state index contributed by atoms with van der Waals surface area (Å²) in [7, 11) is 1.60. The van der Waals surface area contributed by atoms with Crippen LogP contribution in [0, 0.1) is 0 Å². The molecule has 0 aromatic heterocycles. The summed E-state index contributed by atoms with van der Waals surface area (Å²) in [6.07, 6.45) is 0.815. The van der Waals surface area contributed by atoms with Gasteiger partial charge in [0.05, 0.1) is 7.11 Å². The Hall–Kier alpha value is -2.49. The highest BCUT2D eigenvalue weighted by molar-refractivity contribution is 5.82. The Kier molecular flexibility index (Phi) is 2.83. The fourth-order valence-electron chi connectivity index (χ4n) is 2.09. The van der Waals surface area contributed by atoms with Gasteiger partial charge in [0.25, 0.3) is 0 Å². The second-order valence-electron chi connectivity index (χ2n) is 4.15. The van der Waals surface area contributed by atoms with E-state index in [9.17, 15) is 4.79 Å². The molecule has 1 aliphatic heterocycles. The molecule has 4 heteroatoms. The molecule has 0 radical (unpaired) electrons. The van der Waals surface area contributed by atoms with Crippen molar-refractivity contribution < 1.29 is 19.0 Å². The largest absolute Gasteiger partial charge is 0.496 e. The lowest BCUT2D eigenvalue weighted by atomic mass is 10.0. The Morgan fingerprint density at radius 3 is 2.74 bits per heavy atom. The average Bonchev–Trinajstić information content (AvgIpc) is 2.93. The summed E-state index contributed by atoms with van der Waals surface area (Å²) in [6.45, 7) is 0.240. The molecular weight excluding hydrogens is 244 g/mol. The molecule has 0 amide bonds. The molecule has 0 saturated heterocycles. The minimum Gasteiger partial charge on any atom is -0.496 e. The molecule has 0 fully saturated rings. The van der Waals surface area contributed by atoms with Gasteiger partial charge in [0.15, 0.2) is 11.5 Å². The number of hydrogen-bond donors (Lipinski definition) is 0. The molecule has 2 aromatic carbocycles. The van der Waals surface area contributed by atoms with Crippen molar-refractivity contribution >= 4 is 6.29 Å². The molecule has 1 heterocycles. The number of rotatable bonds is 3. The molecule has 3 rings (SSSR count). The van der Waals surface area contributed by atoms with Gasteiger partial charge in [-0.15, -0.1) is 0 Å². The Bertz CT molecular complexity index is 634. The van der Waals surface area contributed by atoms with Crippen LogP contribution in [0.1, 0.15) is 10.4 Å².